The Labute approximate surface area is 192 Å². The van der Waals surface area contributed by atoms with E-state index in [4.69, 9.17) is 9.47 Å². The molecule has 0 radical (unpaired) electrons. The molecule has 5 rings (SSSR count). The van der Waals surface area contributed by atoms with Crippen LogP contribution < -0.4 is 10.1 Å². The molecule has 0 spiro atoms. The van der Waals surface area contributed by atoms with Gasteiger partial charge in [0.25, 0.3) is 0 Å². The van der Waals surface area contributed by atoms with Gasteiger partial charge in [-0.1, -0.05) is 7.43 Å². The highest BCUT2D eigenvalue weighted by Gasteiger charge is 2.29. The number of anilines is 2. The molecule has 2 atom stereocenters. The first kappa shape index (κ1) is 23.3. The summed E-state index contributed by atoms with van der Waals surface area (Å²) < 4.78 is 42.0. The summed E-state index contributed by atoms with van der Waals surface area (Å²) in [5.74, 6) is 1.58. The van der Waals surface area contributed by atoms with Gasteiger partial charge in [0, 0.05) is 23.0 Å². The van der Waals surface area contributed by atoms with E-state index >= 15 is 0 Å². The SMILES string of the molecule is C.Cc1cc(N=S2(=O)CCC2)cc2ncnc(Nc3ccc(F)cc3O[C@@H]3COC[C@@H]3O)c12. The zero-order chi connectivity index (χ0) is 22.3. The van der Waals surface area contributed by atoms with E-state index < -0.39 is 27.8 Å². The maximum atomic E-state index is 13.9. The van der Waals surface area contributed by atoms with Gasteiger partial charge in [0.15, 0.2) is 6.10 Å². The third kappa shape index (κ3) is 4.78. The third-order valence-electron chi connectivity index (χ3n) is 5.59. The number of nitrogens with one attached hydrogen (secondary N) is 1. The zero-order valence-corrected chi connectivity index (χ0v) is 18.3. The molecule has 2 fully saturated rings. The molecule has 8 nitrogen and oxygen atoms in total. The molecule has 0 bridgehead atoms. The minimum absolute atomic E-state index is 0. The van der Waals surface area contributed by atoms with Crippen LogP contribution in [0.4, 0.5) is 21.6 Å². The predicted molar refractivity (Wildman–Crippen MR) is 127 cm³/mol. The van der Waals surface area contributed by atoms with Crippen LogP contribution in [-0.2, 0) is 14.5 Å². The minimum atomic E-state index is -2.13. The van der Waals surface area contributed by atoms with Crippen LogP contribution in [0.5, 0.6) is 5.75 Å². The molecule has 1 aromatic heterocycles. The summed E-state index contributed by atoms with van der Waals surface area (Å²) in [7, 11) is -2.13. The van der Waals surface area contributed by atoms with Gasteiger partial charge in [0.2, 0.25) is 0 Å². The monoisotopic (exact) mass is 474 g/mol. The Kier molecular flexibility index (Phi) is 6.51. The number of hydrogen-bond acceptors (Lipinski definition) is 8. The Morgan fingerprint density at radius 1 is 1.24 bits per heavy atom. The second kappa shape index (κ2) is 9.20. The fraction of sp³-hybridized carbons (Fsp3) is 0.391. The second-order valence-electron chi connectivity index (χ2n) is 8.03. The van der Waals surface area contributed by atoms with E-state index in [1.54, 1.807) is 12.1 Å². The smallest absolute Gasteiger partial charge is 0.150 e. The minimum Gasteiger partial charge on any atom is -0.483 e. The first-order chi connectivity index (χ1) is 15.4. The van der Waals surface area contributed by atoms with E-state index in [9.17, 15) is 13.7 Å². The van der Waals surface area contributed by atoms with Gasteiger partial charge in [0.1, 0.15) is 29.8 Å². The first-order valence-electron chi connectivity index (χ1n) is 10.4. The molecule has 2 N–H and O–H groups in total. The summed E-state index contributed by atoms with van der Waals surface area (Å²) >= 11 is 0. The van der Waals surface area contributed by atoms with E-state index in [1.165, 1.54) is 18.5 Å². The van der Waals surface area contributed by atoms with E-state index in [1.807, 2.05) is 13.0 Å². The molecule has 2 saturated heterocycles. The van der Waals surface area contributed by atoms with Crippen LogP contribution in [0.2, 0.25) is 0 Å². The number of aryl methyl sites for hydroxylation is 1. The number of hydrogen-bond donors (Lipinski definition) is 2. The molecule has 0 amide bonds. The van der Waals surface area contributed by atoms with Crippen molar-refractivity contribution >= 4 is 37.8 Å². The lowest BCUT2D eigenvalue weighted by Crippen LogP contribution is -2.30. The number of aromatic nitrogens is 2. The van der Waals surface area contributed by atoms with Crippen molar-refractivity contribution in [1.82, 2.24) is 9.97 Å². The van der Waals surface area contributed by atoms with Gasteiger partial charge in [-0.15, -0.1) is 0 Å². The number of halogens is 1. The first-order valence-corrected chi connectivity index (χ1v) is 12.2. The molecule has 2 aromatic carbocycles. The van der Waals surface area contributed by atoms with Gasteiger partial charge in [-0.2, -0.15) is 4.36 Å². The van der Waals surface area contributed by atoms with Crippen LogP contribution in [0.25, 0.3) is 10.9 Å². The maximum absolute atomic E-state index is 13.9. The molecule has 176 valence electrons. The topological polar surface area (TPSA) is 106 Å². The van der Waals surface area contributed by atoms with Crippen molar-refractivity contribution in [2.75, 3.05) is 30.0 Å². The number of ether oxygens (including phenoxy) is 2. The average Bonchev–Trinajstić information content (AvgIpc) is 3.13. The number of aliphatic hydroxyl groups excluding tert-OH is 1. The molecule has 3 aromatic rings. The maximum Gasteiger partial charge on any atom is 0.150 e. The Bertz CT molecular complexity index is 1300. The van der Waals surface area contributed by atoms with Crippen LogP contribution in [0.1, 0.15) is 19.4 Å². The van der Waals surface area contributed by atoms with Gasteiger partial charge >= 0.3 is 0 Å². The quantitative estimate of drug-likeness (QED) is 0.573. The van der Waals surface area contributed by atoms with Gasteiger partial charge in [-0.05, 0) is 43.2 Å². The molecular formula is C23H27FN4O4S. The standard InChI is InChI=1S/C22H23FN4O4S.CH4/c1-13-7-15(27-32(29)5-2-6-32)9-17-21(13)22(25-12-24-17)26-16-4-3-14(23)8-19(16)31-20-11-30-10-18(20)28;/h3-4,7-9,12,18,20,28H,2,5-6,10-11H2,1H3,(H,24,25,26);1H4/t18-,20+;/m0./s1. The lowest BCUT2D eigenvalue weighted by Gasteiger charge is -2.20. The molecule has 0 aliphatic carbocycles. The highest BCUT2D eigenvalue weighted by molar-refractivity contribution is 7.95. The molecule has 10 heteroatoms. The molecule has 2 aliphatic rings. The fourth-order valence-corrected chi connectivity index (χ4v) is 5.27. The lowest BCUT2D eigenvalue weighted by molar-refractivity contribution is 0.0736. The highest BCUT2D eigenvalue weighted by Crippen LogP contribution is 2.35. The average molecular weight is 475 g/mol. The summed E-state index contributed by atoms with van der Waals surface area (Å²) in [6.45, 7) is 2.32. The summed E-state index contributed by atoms with van der Waals surface area (Å²) in [6.07, 6.45) is 1.00. The summed E-state index contributed by atoms with van der Waals surface area (Å²) in [6, 6.07) is 7.81. The highest BCUT2D eigenvalue weighted by atomic mass is 32.2. The van der Waals surface area contributed by atoms with Crippen molar-refractivity contribution in [1.29, 1.82) is 0 Å². The Morgan fingerprint density at radius 3 is 2.76 bits per heavy atom. The van der Waals surface area contributed by atoms with E-state index in [0.29, 0.717) is 34.2 Å². The Morgan fingerprint density at radius 2 is 2.06 bits per heavy atom. The summed E-state index contributed by atoms with van der Waals surface area (Å²) in [4.78, 5) is 8.74. The predicted octanol–water partition coefficient (Wildman–Crippen LogP) is 4.10. The molecule has 3 heterocycles. The van der Waals surface area contributed by atoms with Crippen molar-refractivity contribution in [3.8, 4) is 5.75 Å². The van der Waals surface area contributed by atoms with Crippen LogP contribution in [0.15, 0.2) is 41.0 Å². The fourth-order valence-electron chi connectivity index (χ4n) is 3.82. The normalized spacial score (nSPS) is 21.2. The van der Waals surface area contributed by atoms with Gasteiger partial charge in [-0.25, -0.2) is 18.6 Å². The van der Waals surface area contributed by atoms with Gasteiger partial charge < -0.3 is 19.9 Å². The van der Waals surface area contributed by atoms with E-state index in [2.05, 4.69) is 19.6 Å². The Balaban J connectivity index is 0.00000259. The molecule has 33 heavy (non-hydrogen) atoms. The van der Waals surface area contributed by atoms with Crippen molar-refractivity contribution in [2.24, 2.45) is 4.36 Å². The van der Waals surface area contributed by atoms with Crippen LogP contribution >= 0.6 is 0 Å². The van der Waals surface area contributed by atoms with Crippen molar-refractivity contribution < 1.29 is 23.2 Å². The number of aliphatic hydroxyl groups is 1. The largest absolute Gasteiger partial charge is 0.483 e. The molecule has 0 unspecified atom stereocenters. The van der Waals surface area contributed by atoms with Crippen molar-refractivity contribution in [3.63, 3.8) is 0 Å². The number of nitrogens with zero attached hydrogens (tertiary/aromatic N) is 3. The summed E-state index contributed by atoms with van der Waals surface area (Å²) in [5.41, 5.74) is 2.67. The van der Waals surface area contributed by atoms with Crippen LogP contribution in [0.3, 0.4) is 0 Å². The van der Waals surface area contributed by atoms with Crippen LogP contribution in [0, 0.1) is 12.7 Å². The molecule has 2 aliphatic heterocycles. The zero-order valence-electron chi connectivity index (χ0n) is 17.5. The summed E-state index contributed by atoms with van der Waals surface area (Å²) in [5, 5.41) is 14.0. The molecule has 0 saturated carbocycles. The number of benzene rings is 2. The van der Waals surface area contributed by atoms with Crippen molar-refractivity contribution in [2.45, 2.75) is 33.0 Å². The molecular weight excluding hydrogens is 447 g/mol. The van der Waals surface area contributed by atoms with E-state index in [0.717, 1.165) is 17.4 Å². The number of rotatable bonds is 5. The van der Waals surface area contributed by atoms with Gasteiger partial charge in [0.05, 0.1) is 39.8 Å². The lowest BCUT2D eigenvalue weighted by atomic mass is 10.1. The van der Waals surface area contributed by atoms with E-state index in [-0.39, 0.29) is 26.4 Å². The Hall–Kier alpha value is -2.82. The number of fused-ring (bicyclic) bond motifs is 1. The van der Waals surface area contributed by atoms with Crippen molar-refractivity contribution in [3.05, 3.63) is 48.0 Å². The van der Waals surface area contributed by atoms with Crippen LogP contribution in [-0.4, -0.2) is 56.2 Å². The third-order valence-corrected chi connectivity index (χ3v) is 7.99. The van der Waals surface area contributed by atoms with Gasteiger partial charge in [-0.3, -0.25) is 0 Å². The second-order valence-corrected chi connectivity index (χ2v) is 10.6.